The topological polar surface area (TPSA) is 126 Å². The highest BCUT2D eigenvalue weighted by Crippen LogP contribution is 2.34. The quantitative estimate of drug-likeness (QED) is 0.656. The van der Waals surface area contributed by atoms with Gasteiger partial charge in [0.2, 0.25) is 17.7 Å². The number of aromatic nitrogens is 2. The number of likely N-dealkylation sites (N-methyl/N-ethyl adjacent to an activating group) is 1. The molecule has 1 saturated carbocycles. The Kier molecular flexibility index (Phi) is 7.32. The van der Waals surface area contributed by atoms with Gasteiger partial charge >= 0.3 is 5.97 Å². The van der Waals surface area contributed by atoms with E-state index in [0.29, 0.717) is 18.3 Å². The molecule has 150 valence electrons. The van der Waals surface area contributed by atoms with Crippen molar-refractivity contribution in [2.45, 2.75) is 70.8 Å². The molecule has 0 saturated heterocycles. The molecule has 0 atom stereocenters. The summed E-state index contributed by atoms with van der Waals surface area (Å²) < 4.78 is 5.31. The number of carboxylic acids is 1. The van der Waals surface area contributed by atoms with Crippen molar-refractivity contribution >= 4 is 17.8 Å². The summed E-state index contributed by atoms with van der Waals surface area (Å²) in [6, 6.07) is 0. The average molecular weight is 380 g/mol. The third-order valence-corrected chi connectivity index (χ3v) is 4.88. The van der Waals surface area contributed by atoms with E-state index < -0.39 is 11.5 Å². The summed E-state index contributed by atoms with van der Waals surface area (Å²) in [6.07, 6.45) is 6.01. The van der Waals surface area contributed by atoms with Gasteiger partial charge in [0.05, 0.1) is 0 Å². The van der Waals surface area contributed by atoms with Crippen molar-refractivity contribution in [1.29, 1.82) is 0 Å². The highest BCUT2D eigenvalue weighted by atomic mass is 16.5. The maximum atomic E-state index is 12.2. The minimum absolute atomic E-state index is 0.0931. The molecular weight excluding hydrogens is 352 g/mol. The molecule has 2 rings (SSSR count). The summed E-state index contributed by atoms with van der Waals surface area (Å²) >= 11 is 0. The molecule has 0 unspecified atom stereocenters. The number of aliphatic carboxylic acids is 1. The number of aryl methyl sites for hydroxylation is 1. The molecule has 9 heteroatoms. The predicted octanol–water partition coefficient (Wildman–Crippen LogP) is 1.62. The molecule has 0 bridgehead atoms. The summed E-state index contributed by atoms with van der Waals surface area (Å²) in [6.45, 7) is 3.21. The molecule has 0 radical (unpaired) electrons. The molecule has 27 heavy (non-hydrogen) atoms. The fraction of sp³-hybridized carbons (Fsp3) is 0.722. The maximum Gasteiger partial charge on any atom is 0.323 e. The van der Waals surface area contributed by atoms with Crippen molar-refractivity contribution in [2.24, 2.45) is 0 Å². The number of carbonyl (C=O) groups is 3. The third kappa shape index (κ3) is 5.77. The molecular formula is C18H28N4O5. The van der Waals surface area contributed by atoms with Crippen LogP contribution in [0.25, 0.3) is 0 Å². The second kappa shape index (κ2) is 9.48. The minimum atomic E-state index is -1.05. The first-order valence-corrected chi connectivity index (χ1v) is 9.47. The van der Waals surface area contributed by atoms with Crippen LogP contribution in [0.2, 0.25) is 0 Å². The van der Waals surface area contributed by atoms with E-state index in [0.717, 1.165) is 38.5 Å². The van der Waals surface area contributed by atoms with Crippen molar-refractivity contribution in [3.05, 3.63) is 11.7 Å². The largest absolute Gasteiger partial charge is 0.480 e. The van der Waals surface area contributed by atoms with Crippen LogP contribution in [0.1, 0.15) is 70.5 Å². The smallest absolute Gasteiger partial charge is 0.323 e. The molecule has 1 aliphatic carbocycles. The molecule has 0 aromatic carbocycles. The number of hydrogen-bond donors (Lipinski definition) is 2. The zero-order valence-corrected chi connectivity index (χ0v) is 16.0. The minimum Gasteiger partial charge on any atom is -0.480 e. The molecule has 9 nitrogen and oxygen atoms in total. The van der Waals surface area contributed by atoms with Gasteiger partial charge in [-0.25, -0.2) is 0 Å². The number of amides is 2. The van der Waals surface area contributed by atoms with Crippen LogP contribution in [0.3, 0.4) is 0 Å². The lowest BCUT2D eigenvalue weighted by molar-refractivity contribution is -0.144. The number of nitrogens with zero attached hydrogens (tertiary/aromatic N) is 3. The molecule has 1 aliphatic rings. The Labute approximate surface area is 158 Å². The number of nitrogens with one attached hydrogen (secondary N) is 1. The average Bonchev–Trinajstić information content (AvgIpc) is 2.97. The molecule has 2 amide bonds. The lowest BCUT2D eigenvalue weighted by atomic mass is 9.89. The van der Waals surface area contributed by atoms with E-state index in [1.54, 1.807) is 6.92 Å². The molecule has 1 aromatic rings. The van der Waals surface area contributed by atoms with E-state index in [2.05, 4.69) is 15.5 Å². The van der Waals surface area contributed by atoms with Gasteiger partial charge in [0.1, 0.15) is 12.1 Å². The zero-order chi connectivity index (χ0) is 19.9. The first-order chi connectivity index (χ1) is 12.9. The van der Waals surface area contributed by atoms with E-state index in [1.807, 2.05) is 0 Å². The number of hydrogen-bond acceptors (Lipinski definition) is 6. The third-order valence-electron chi connectivity index (χ3n) is 4.88. The molecule has 1 heterocycles. The highest BCUT2D eigenvalue weighted by molar-refractivity contribution is 5.81. The fourth-order valence-electron chi connectivity index (χ4n) is 3.54. The van der Waals surface area contributed by atoms with Crippen LogP contribution in [-0.2, 0) is 26.3 Å². The summed E-state index contributed by atoms with van der Waals surface area (Å²) in [5.41, 5.74) is -0.618. The van der Waals surface area contributed by atoms with E-state index in [4.69, 9.17) is 9.63 Å². The molecule has 0 aliphatic heterocycles. The van der Waals surface area contributed by atoms with Gasteiger partial charge in [0.15, 0.2) is 5.82 Å². The van der Waals surface area contributed by atoms with E-state index >= 15 is 0 Å². The van der Waals surface area contributed by atoms with Gasteiger partial charge in [-0.15, -0.1) is 0 Å². The zero-order valence-electron chi connectivity index (χ0n) is 16.0. The first kappa shape index (κ1) is 20.9. The van der Waals surface area contributed by atoms with Crippen LogP contribution in [0.15, 0.2) is 4.52 Å². The van der Waals surface area contributed by atoms with Crippen LogP contribution in [0.4, 0.5) is 0 Å². The summed E-state index contributed by atoms with van der Waals surface area (Å²) in [5.74, 6) is -0.675. The fourth-order valence-corrected chi connectivity index (χ4v) is 3.54. The van der Waals surface area contributed by atoms with Crippen LogP contribution >= 0.6 is 0 Å². The summed E-state index contributed by atoms with van der Waals surface area (Å²) in [7, 11) is 0. The van der Waals surface area contributed by atoms with Crippen LogP contribution in [0, 0.1) is 0 Å². The van der Waals surface area contributed by atoms with E-state index in [1.165, 1.54) is 11.8 Å². The molecule has 0 spiro atoms. The molecule has 1 fully saturated rings. The van der Waals surface area contributed by atoms with Gasteiger partial charge in [0, 0.05) is 26.3 Å². The van der Waals surface area contributed by atoms with Crippen molar-refractivity contribution in [3.8, 4) is 0 Å². The van der Waals surface area contributed by atoms with E-state index in [-0.39, 0.29) is 31.2 Å². The van der Waals surface area contributed by atoms with Crippen molar-refractivity contribution < 1.29 is 24.0 Å². The first-order valence-electron chi connectivity index (χ1n) is 9.47. The van der Waals surface area contributed by atoms with Gasteiger partial charge in [-0.3, -0.25) is 14.4 Å². The van der Waals surface area contributed by atoms with E-state index in [9.17, 15) is 14.4 Å². The Morgan fingerprint density at radius 2 is 1.89 bits per heavy atom. The normalized spacial score (nSPS) is 16.4. The lowest BCUT2D eigenvalue weighted by Gasteiger charge is -2.30. The second-order valence-electron chi connectivity index (χ2n) is 6.99. The predicted molar refractivity (Wildman–Crippen MR) is 95.7 cm³/mol. The van der Waals surface area contributed by atoms with Crippen molar-refractivity contribution in [1.82, 2.24) is 20.4 Å². The van der Waals surface area contributed by atoms with Crippen molar-refractivity contribution in [2.75, 3.05) is 13.1 Å². The van der Waals surface area contributed by atoms with Gasteiger partial charge in [-0.05, 0) is 19.8 Å². The molecule has 1 aromatic heterocycles. The SMILES string of the molecule is CCN(CC(=O)O)C(=O)CCc1nc(C2(NC(C)=O)CCCCCC2)no1. The van der Waals surface area contributed by atoms with Gasteiger partial charge in [-0.2, -0.15) is 4.98 Å². The number of carbonyl (C=O) groups excluding carboxylic acids is 2. The van der Waals surface area contributed by atoms with Gasteiger partial charge < -0.3 is 19.8 Å². The van der Waals surface area contributed by atoms with Crippen LogP contribution < -0.4 is 5.32 Å². The Balaban J connectivity index is 2.06. The van der Waals surface area contributed by atoms with Crippen LogP contribution in [0.5, 0.6) is 0 Å². The Bertz CT molecular complexity index is 664. The summed E-state index contributed by atoms with van der Waals surface area (Å²) in [4.78, 5) is 40.4. The Morgan fingerprint density at radius 3 is 2.44 bits per heavy atom. The lowest BCUT2D eigenvalue weighted by Crippen LogP contribution is -2.45. The van der Waals surface area contributed by atoms with Gasteiger partial charge in [-0.1, -0.05) is 30.8 Å². The van der Waals surface area contributed by atoms with Crippen LogP contribution in [-0.4, -0.2) is 51.0 Å². The Morgan fingerprint density at radius 1 is 1.22 bits per heavy atom. The van der Waals surface area contributed by atoms with Crippen molar-refractivity contribution in [3.63, 3.8) is 0 Å². The number of carboxylic acid groups (broad SMARTS) is 1. The molecule has 2 N–H and O–H groups in total. The Hall–Kier alpha value is -2.45. The number of rotatable bonds is 8. The maximum absolute atomic E-state index is 12.2. The monoisotopic (exact) mass is 380 g/mol. The highest BCUT2D eigenvalue weighted by Gasteiger charge is 2.38. The van der Waals surface area contributed by atoms with Gasteiger partial charge in [0.25, 0.3) is 0 Å². The second-order valence-corrected chi connectivity index (χ2v) is 6.99. The summed E-state index contributed by atoms with van der Waals surface area (Å²) in [5, 5.41) is 15.9. The standard InChI is InChI=1S/C18H28N4O5/c1-3-22(12-16(25)26)15(24)9-8-14-19-17(21-27-14)18(20-13(2)23)10-6-4-5-7-11-18/h3-12H2,1-2H3,(H,20,23)(H,25,26).